The second kappa shape index (κ2) is 5.61. The zero-order chi connectivity index (χ0) is 16.7. The summed E-state index contributed by atoms with van der Waals surface area (Å²) in [7, 11) is 0. The van der Waals surface area contributed by atoms with Crippen LogP contribution < -0.4 is 10.4 Å². The number of nitrogens with zero attached hydrogens (tertiary/aromatic N) is 3. The Bertz CT molecular complexity index is 917. The minimum Gasteiger partial charge on any atom is -0.358 e. The third-order valence-electron chi connectivity index (χ3n) is 4.42. The van der Waals surface area contributed by atoms with Crippen LogP contribution in [0.3, 0.4) is 0 Å². The number of anilines is 1. The summed E-state index contributed by atoms with van der Waals surface area (Å²) in [5.41, 5.74) is 6.74. The maximum Gasteiger partial charge on any atom is 0.277 e. The molecule has 0 unspecified atom stereocenters. The van der Waals surface area contributed by atoms with Gasteiger partial charge in [-0.2, -0.15) is 0 Å². The summed E-state index contributed by atoms with van der Waals surface area (Å²) in [5.74, 6) is -0.0360. The van der Waals surface area contributed by atoms with Gasteiger partial charge in [0, 0.05) is 54.1 Å². The molecule has 0 saturated heterocycles. The molecule has 1 aliphatic heterocycles. The quantitative estimate of drug-likeness (QED) is 0.495. The number of aromatic amines is 1. The highest BCUT2D eigenvalue weighted by atomic mass is 16.5. The Morgan fingerprint density at radius 1 is 1.33 bits per heavy atom. The Kier molecular flexibility index (Phi) is 3.42. The number of rotatable bonds is 2. The Labute approximate surface area is 138 Å². The van der Waals surface area contributed by atoms with Crippen LogP contribution in [0.1, 0.15) is 27.2 Å². The van der Waals surface area contributed by atoms with Gasteiger partial charge in [-0.25, -0.2) is 15.4 Å². The third-order valence-corrected chi connectivity index (χ3v) is 4.42. The molecule has 3 heterocycles. The van der Waals surface area contributed by atoms with Crippen molar-refractivity contribution in [3.63, 3.8) is 0 Å². The summed E-state index contributed by atoms with van der Waals surface area (Å²) in [6.07, 6.45) is 3.73. The molecule has 24 heavy (non-hydrogen) atoms. The largest absolute Gasteiger partial charge is 0.358 e. The van der Waals surface area contributed by atoms with Gasteiger partial charge in [-0.05, 0) is 18.6 Å². The number of carbonyl (C=O) groups excluding carboxylic acids is 1. The summed E-state index contributed by atoms with van der Waals surface area (Å²) < 4.78 is 0. The predicted octanol–water partition coefficient (Wildman–Crippen LogP) is 1.95. The first-order valence-electron chi connectivity index (χ1n) is 7.77. The molecule has 0 atom stereocenters. The van der Waals surface area contributed by atoms with E-state index in [0.29, 0.717) is 5.95 Å². The lowest BCUT2D eigenvalue weighted by Gasteiger charge is -2.27. The number of fused-ring (bicyclic) bond motifs is 3. The third kappa shape index (κ3) is 2.39. The average Bonchev–Trinajstić information content (AvgIpc) is 2.97. The van der Waals surface area contributed by atoms with E-state index in [4.69, 9.17) is 5.21 Å². The van der Waals surface area contributed by atoms with Gasteiger partial charge in [0.2, 0.25) is 5.95 Å². The minimum atomic E-state index is -0.616. The van der Waals surface area contributed by atoms with Crippen molar-refractivity contribution < 1.29 is 10.0 Å². The Morgan fingerprint density at radius 2 is 2.12 bits per heavy atom. The number of carbonyl (C=O) groups is 1. The number of hydroxylamine groups is 1. The Hall–Kier alpha value is -2.93. The summed E-state index contributed by atoms with van der Waals surface area (Å²) in [6.45, 7) is 3.62. The van der Waals surface area contributed by atoms with Crippen molar-refractivity contribution in [1.82, 2.24) is 20.4 Å². The van der Waals surface area contributed by atoms with E-state index in [9.17, 15) is 4.79 Å². The molecule has 0 radical (unpaired) electrons. The number of nitrogens with one attached hydrogen (secondary N) is 2. The molecule has 0 fully saturated rings. The standard InChI is InChI=1S/C17H17N5O2/c1-10-2-3-12-13-9-22(5-4-14(13)20-15(12)6-10)17-18-7-11(8-19-17)16(23)21-24/h2-3,6-8,20,24H,4-5,9H2,1H3,(H,21,23). The lowest BCUT2D eigenvalue weighted by Crippen LogP contribution is -2.31. The maximum atomic E-state index is 11.3. The molecule has 0 spiro atoms. The molecule has 1 aliphatic rings. The fourth-order valence-electron chi connectivity index (χ4n) is 3.17. The number of benzene rings is 1. The Balaban J connectivity index is 1.64. The molecular formula is C17H17N5O2. The van der Waals surface area contributed by atoms with Crippen molar-refractivity contribution in [3.05, 3.63) is 53.0 Å². The van der Waals surface area contributed by atoms with E-state index in [1.807, 2.05) is 0 Å². The van der Waals surface area contributed by atoms with Crippen LogP contribution in [0.15, 0.2) is 30.6 Å². The van der Waals surface area contributed by atoms with Gasteiger partial charge in [-0.15, -0.1) is 0 Å². The van der Waals surface area contributed by atoms with Gasteiger partial charge in [0.15, 0.2) is 0 Å². The number of H-pyrrole nitrogens is 1. The number of hydrogen-bond acceptors (Lipinski definition) is 5. The summed E-state index contributed by atoms with van der Waals surface area (Å²) in [6, 6.07) is 6.43. The zero-order valence-corrected chi connectivity index (χ0v) is 13.2. The highest BCUT2D eigenvalue weighted by Crippen LogP contribution is 2.29. The van der Waals surface area contributed by atoms with Crippen molar-refractivity contribution >= 4 is 22.8 Å². The van der Waals surface area contributed by atoms with Gasteiger partial charge >= 0.3 is 0 Å². The summed E-state index contributed by atoms with van der Waals surface area (Å²) in [4.78, 5) is 25.5. The van der Waals surface area contributed by atoms with Crippen LogP contribution >= 0.6 is 0 Å². The molecule has 4 rings (SSSR count). The van der Waals surface area contributed by atoms with Gasteiger partial charge in [0.25, 0.3) is 5.91 Å². The van der Waals surface area contributed by atoms with Gasteiger partial charge in [-0.1, -0.05) is 12.1 Å². The molecule has 0 saturated carbocycles. The molecule has 7 nitrogen and oxygen atoms in total. The minimum absolute atomic E-state index is 0.224. The number of aryl methyl sites for hydroxylation is 1. The fraction of sp³-hybridized carbons (Fsp3) is 0.235. The highest BCUT2D eigenvalue weighted by molar-refractivity contribution is 5.92. The second-order valence-electron chi connectivity index (χ2n) is 6.02. The molecule has 2 aromatic heterocycles. The van der Waals surface area contributed by atoms with Crippen LogP contribution in [0.5, 0.6) is 0 Å². The van der Waals surface area contributed by atoms with Crippen LogP contribution in [-0.2, 0) is 13.0 Å². The van der Waals surface area contributed by atoms with Gasteiger partial charge < -0.3 is 9.88 Å². The van der Waals surface area contributed by atoms with E-state index in [1.54, 1.807) is 5.48 Å². The van der Waals surface area contributed by atoms with E-state index in [2.05, 4.69) is 45.0 Å². The predicted molar refractivity (Wildman–Crippen MR) is 89.1 cm³/mol. The van der Waals surface area contributed by atoms with Crippen molar-refractivity contribution in [2.45, 2.75) is 19.9 Å². The topological polar surface area (TPSA) is 94.1 Å². The fourth-order valence-corrected chi connectivity index (χ4v) is 3.17. The van der Waals surface area contributed by atoms with E-state index in [-0.39, 0.29) is 5.56 Å². The Morgan fingerprint density at radius 3 is 2.88 bits per heavy atom. The van der Waals surface area contributed by atoms with Crippen molar-refractivity contribution in [1.29, 1.82) is 0 Å². The number of amides is 1. The zero-order valence-electron chi connectivity index (χ0n) is 13.2. The molecule has 0 aliphatic carbocycles. The molecular weight excluding hydrogens is 306 g/mol. The van der Waals surface area contributed by atoms with Gasteiger partial charge in [-0.3, -0.25) is 10.0 Å². The van der Waals surface area contributed by atoms with E-state index in [0.717, 1.165) is 25.0 Å². The lowest BCUT2D eigenvalue weighted by molar-refractivity contribution is 0.0705. The van der Waals surface area contributed by atoms with Crippen molar-refractivity contribution in [2.75, 3.05) is 11.4 Å². The first-order valence-corrected chi connectivity index (χ1v) is 7.77. The molecule has 0 bridgehead atoms. The van der Waals surface area contributed by atoms with Crippen molar-refractivity contribution in [2.24, 2.45) is 0 Å². The summed E-state index contributed by atoms with van der Waals surface area (Å²) in [5, 5.41) is 9.88. The normalized spacial score (nSPS) is 13.8. The molecule has 1 aromatic carbocycles. The van der Waals surface area contributed by atoms with Crippen LogP contribution in [0.4, 0.5) is 5.95 Å². The number of aromatic nitrogens is 3. The lowest BCUT2D eigenvalue weighted by atomic mass is 10.0. The molecule has 3 aromatic rings. The van der Waals surface area contributed by atoms with Gasteiger partial charge in [0.1, 0.15) is 0 Å². The first-order chi connectivity index (χ1) is 11.7. The molecule has 1 amide bonds. The highest BCUT2D eigenvalue weighted by Gasteiger charge is 2.22. The first kappa shape index (κ1) is 14.6. The number of hydrogen-bond donors (Lipinski definition) is 3. The van der Waals surface area contributed by atoms with E-state index >= 15 is 0 Å². The van der Waals surface area contributed by atoms with E-state index in [1.165, 1.54) is 34.6 Å². The average molecular weight is 323 g/mol. The molecule has 122 valence electrons. The second-order valence-corrected chi connectivity index (χ2v) is 6.02. The SMILES string of the molecule is Cc1ccc2c3c([nH]c2c1)CCN(c1ncc(C(=O)NO)cn1)C3. The summed E-state index contributed by atoms with van der Waals surface area (Å²) >= 11 is 0. The van der Waals surface area contributed by atoms with E-state index < -0.39 is 5.91 Å². The smallest absolute Gasteiger partial charge is 0.277 e. The van der Waals surface area contributed by atoms with Gasteiger partial charge in [0.05, 0.1) is 5.56 Å². The van der Waals surface area contributed by atoms with Crippen LogP contribution in [0, 0.1) is 6.92 Å². The van der Waals surface area contributed by atoms with Crippen LogP contribution in [0.2, 0.25) is 0 Å². The molecule has 3 N–H and O–H groups in total. The molecule has 7 heteroatoms. The monoisotopic (exact) mass is 323 g/mol. The maximum absolute atomic E-state index is 11.3. The van der Waals surface area contributed by atoms with Crippen LogP contribution in [-0.4, -0.2) is 32.6 Å². The van der Waals surface area contributed by atoms with Crippen molar-refractivity contribution in [3.8, 4) is 0 Å². The van der Waals surface area contributed by atoms with Crippen LogP contribution in [0.25, 0.3) is 10.9 Å².